The summed E-state index contributed by atoms with van der Waals surface area (Å²) < 4.78 is 27.3. The molecule has 0 saturated heterocycles. The molecule has 0 spiro atoms. The van der Waals surface area contributed by atoms with Gasteiger partial charge in [-0.2, -0.15) is 0 Å². The molecule has 0 aliphatic rings. The van der Waals surface area contributed by atoms with Crippen molar-refractivity contribution < 1.29 is 18.4 Å². The lowest BCUT2D eigenvalue weighted by Gasteiger charge is -2.17. The molecule has 0 bridgehead atoms. The first-order chi connectivity index (χ1) is 13.0. The van der Waals surface area contributed by atoms with Gasteiger partial charge in [0.1, 0.15) is 17.3 Å². The third-order valence-electron chi connectivity index (χ3n) is 4.04. The highest BCUT2D eigenvalue weighted by molar-refractivity contribution is 6.08. The maximum atomic E-state index is 13.6. The highest BCUT2D eigenvalue weighted by Crippen LogP contribution is 2.20. The zero-order valence-corrected chi connectivity index (χ0v) is 14.4. The van der Waals surface area contributed by atoms with Gasteiger partial charge in [-0.25, -0.2) is 8.78 Å². The first-order valence-electron chi connectivity index (χ1n) is 8.16. The lowest BCUT2D eigenvalue weighted by atomic mass is 10.1. The van der Waals surface area contributed by atoms with Gasteiger partial charge in [0, 0.05) is 23.9 Å². The Labute approximate surface area is 155 Å². The van der Waals surface area contributed by atoms with E-state index in [-0.39, 0.29) is 11.5 Å². The SMILES string of the molecule is CN(C(=O)c1ccc(C(=O)Nc2c(F)cccc2F)cc1)c1ccccc1. The first kappa shape index (κ1) is 18.3. The molecule has 0 aliphatic carbocycles. The number of para-hydroxylation sites is 2. The predicted molar refractivity (Wildman–Crippen MR) is 99.9 cm³/mol. The number of benzene rings is 3. The van der Waals surface area contributed by atoms with Crippen LogP contribution in [0, 0.1) is 11.6 Å². The Balaban J connectivity index is 1.75. The van der Waals surface area contributed by atoms with Crippen molar-refractivity contribution in [3.8, 4) is 0 Å². The van der Waals surface area contributed by atoms with E-state index in [1.165, 1.54) is 35.2 Å². The number of hydrogen-bond acceptors (Lipinski definition) is 2. The Morgan fingerprint density at radius 3 is 1.93 bits per heavy atom. The van der Waals surface area contributed by atoms with Crippen LogP contribution < -0.4 is 10.2 Å². The Morgan fingerprint density at radius 2 is 1.33 bits per heavy atom. The van der Waals surface area contributed by atoms with Crippen LogP contribution in [0.1, 0.15) is 20.7 Å². The van der Waals surface area contributed by atoms with Gasteiger partial charge in [0.2, 0.25) is 0 Å². The molecule has 4 nitrogen and oxygen atoms in total. The summed E-state index contributed by atoms with van der Waals surface area (Å²) in [6, 6.07) is 18.3. The van der Waals surface area contributed by atoms with Gasteiger partial charge in [-0.3, -0.25) is 9.59 Å². The van der Waals surface area contributed by atoms with Gasteiger partial charge in [0.25, 0.3) is 11.8 Å². The van der Waals surface area contributed by atoms with E-state index >= 15 is 0 Å². The predicted octanol–water partition coefficient (Wildman–Crippen LogP) is 4.49. The summed E-state index contributed by atoms with van der Waals surface area (Å²) in [6.07, 6.45) is 0. The van der Waals surface area contributed by atoms with E-state index in [0.29, 0.717) is 5.56 Å². The zero-order chi connectivity index (χ0) is 19.4. The standard InChI is InChI=1S/C21H16F2N2O2/c1-25(16-6-3-2-4-7-16)21(27)15-12-10-14(11-13-15)20(26)24-19-17(22)8-5-9-18(19)23/h2-13H,1H3,(H,24,26). The molecule has 6 heteroatoms. The van der Waals surface area contributed by atoms with E-state index in [2.05, 4.69) is 5.32 Å². The molecule has 0 atom stereocenters. The molecular weight excluding hydrogens is 350 g/mol. The van der Waals surface area contributed by atoms with Crippen LogP contribution in [0.2, 0.25) is 0 Å². The van der Waals surface area contributed by atoms with E-state index < -0.39 is 23.2 Å². The maximum absolute atomic E-state index is 13.6. The van der Waals surface area contributed by atoms with Crippen molar-refractivity contribution >= 4 is 23.2 Å². The Morgan fingerprint density at radius 1 is 0.778 bits per heavy atom. The molecule has 3 rings (SSSR count). The molecule has 0 aliphatic heterocycles. The topological polar surface area (TPSA) is 49.4 Å². The van der Waals surface area contributed by atoms with E-state index in [1.807, 2.05) is 30.3 Å². The lowest BCUT2D eigenvalue weighted by molar-refractivity contribution is 0.0989. The van der Waals surface area contributed by atoms with Crippen LogP contribution in [-0.2, 0) is 0 Å². The van der Waals surface area contributed by atoms with Gasteiger partial charge < -0.3 is 10.2 Å². The largest absolute Gasteiger partial charge is 0.317 e. The Bertz CT molecular complexity index is 953. The van der Waals surface area contributed by atoms with E-state index in [0.717, 1.165) is 17.8 Å². The van der Waals surface area contributed by atoms with Crippen molar-refractivity contribution in [3.63, 3.8) is 0 Å². The fourth-order valence-electron chi connectivity index (χ4n) is 2.53. The van der Waals surface area contributed by atoms with Crippen LogP contribution in [0.4, 0.5) is 20.2 Å². The highest BCUT2D eigenvalue weighted by atomic mass is 19.1. The van der Waals surface area contributed by atoms with Gasteiger partial charge in [0.05, 0.1) is 0 Å². The van der Waals surface area contributed by atoms with Crippen molar-refractivity contribution in [2.45, 2.75) is 0 Å². The summed E-state index contributed by atoms with van der Waals surface area (Å²) >= 11 is 0. The normalized spacial score (nSPS) is 10.3. The molecule has 3 aromatic rings. The van der Waals surface area contributed by atoms with E-state index in [4.69, 9.17) is 0 Å². The van der Waals surface area contributed by atoms with Crippen LogP contribution in [0.3, 0.4) is 0 Å². The van der Waals surface area contributed by atoms with Gasteiger partial charge in [-0.15, -0.1) is 0 Å². The second kappa shape index (κ2) is 7.78. The third-order valence-corrected chi connectivity index (χ3v) is 4.04. The average molecular weight is 366 g/mol. The average Bonchev–Trinajstić information content (AvgIpc) is 2.70. The van der Waals surface area contributed by atoms with Gasteiger partial charge in [-0.05, 0) is 48.5 Å². The van der Waals surface area contributed by atoms with E-state index in [9.17, 15) is 18.4 Å². The summed E-state index contributed by atoms with van der Waals surface area (Å²) in [6.45, 7) is 0. The van der Waals surface area contributed by atoms with Crippen LogP contribution >= 0.6 is 0 Å². The number of nitrogens with zero attached hydrogens (tertiary/aromatic N) is 1. The molecular formula is C21H16F2N2O2. The number of carbonyl (C=O) groups is 2. The Kier molecular flexibility index (Phi) is 5.26. The number of halogens is 2. The molecule has 2 amide bonds. The number of carbonyl (C=O) groups excluding carboxylic acids is 2. The minimum absolute atomic E-state index is 0.177. The summed E-state index contributed by atoms with van der Waals surface area (Å²) in [4.78, 5) is 26.2. The van der Waals surface area contributed by atoms with Crippen molar-refractivity contribution in [2.75, 3.05) is 17.3 Å². The Hall–Kier alpha value is -3.54. The second-order valence-electron chi connectivity index (χ2n) is 5.83. The summed E-state index contributed by atoms with van der Waals surface area (Å²) in [5, 5.41) is 2.21. The fourth-order valence-corrected chi connectivity index (χ4v) is 2.53. The lowest BCUT2D eigenvalue weighted by Crippen LogP contribution is -2.26. The van der Waals surface area contributed by atoms with Crippen molar-refractivity contribution in [1.29, 1.82) is 0 Å². The smallest absolute Gasteiger partial charge is 0.258 e. The fraction of sp³-hybridized carbons (Fsp3) is 0.0476. The molecule has 1 N–H and O–H groups in total. The quantitative estimate of drug-likeness (QED) is 0.739. The van der Waals surface area contributed by atoms with Crippen molar-refractivity contribution in [2.24, 2.45) is 0 Å². The van der Waals surface area contributed by atoms with Gasteiger partial charge in [0.15, 0.2) is 0 Å². The van der Waals surface area contributed by atoms with Crippen molar-refractivity contribution in [3.05, 3.63) is 95.6 Å². The number of anilines is 2. The maximum Gasteiger partial charge on any atom is 0.258 e. The molecule has 136 valence electrons. The summed E-state index contributed by atoms with van der Waals surface area (Å²) in [7, 11) is 1.65. The minimum Gasteiger partial charge on any atom is -0.317 e. The zero-order valence-electron chi connectivity index (χ0n) is 14.4. The molecule has 27 heavy (non-hydrogen) atoms. The second-order valence-corrected chi connectivity index (χ2v) is 5.83. The molecule has 0 radical (unpaired) electrons. The van der Waals surface area contributed by atoms with Crippen molar-refractivity contribution in [1.82, 2.24) is 0 Å². The summed E-state index contributed by atoms with van der Waals surface area (Å²) in [5.41, 5.74) is 0.789. The molecule has 0 heterocycles. The molecule has 0 unspecified atom stereocenters. The highest BCUT2D eigenvalue weighted by Gasteiger charge is 2.16. The molecule has 0 fully saturated rings. The minimum atomic E-state index is -0.861. The monoisotopic (exact) mass is 366 g/mol. The van der Waals surface area contributed by atoms with Gasteiger partial charge >= 0.3 is 0 Å². The first-order valence-corrected chi connectivity index (χ1v) is 8.16. The molecule has 0 aromatic heterocycles. The summed E-state index contributed by atoms with van der Waals surface area (Å²) in [5.74, 6) is -2.64. The number of hydrogen-bond donors (Lipinski definition) is 1. The van der Waals surface area contributed by atoms with Crippen LogP contribution in [0.25, 0.3) is 0 Å². The molecule has 3 aromatic carbocycles. The molecule has 0 saturated carbocycles. The van der Waals surface area contributed by atoms with Crippen LogP contribution in [-0.4, -0.2) is 18.9 Å². The number of amides is 2. The third kappa shape index (κ3) is 4.00. The van der Waals surface area contributed by atoms with Crippen LogP contribution in [0.5, 0.6) is 0 Å². The van der Waals surface area contributed by atoms with Crippen LogP contribution in [0.15, 0.2) is 72.8 Å². The number of nitrogens with one attached hydrogen (secondary N) is 1. The van der Waals surface area contributed by atoms with Gasteiger partial charge in [-0.1, -0.05) is 24.3 Å². The number of rotatable bonds is 4. The van der Waals surface area contributed by atoms with E-state index in [1.54, 1.807) is 7.05 Å².